The van der Waals surface area contributed by atoms with Crippen LogP contribution in [-0.2, 0) is 4.74 Å². The van der Waals surface area contributed by atoms with E-state index in [9.17, 15) is 0 Å². The van der Waals surface area contributed by atoms with E-state index in [1.54, 1.807) is 0 Å². The monoisotopic (exact) mass is 225 g/mol. The van der Waals surface area contributed by atoms with E-state index < -0.39 is 0 Å². The van der Waals surface area contributed by atoms with Crippen molar-refractivity contribution in [2.45, 2.75) is 25.0 Å². The Balaban J connectivity index is 2.18. The summed E-state index contributed by atoms with van der Waals surface area (Å²) in [5, 5.41) is 4.09. The molecule has 2 atom stereocenters. The smallest absolute Gasteiger partial charge is 0.0770 e. The Morgan fingerprint density at radius 1 is 1.53 bits per heavy atom. The van der Waals surface area contributed by atoms with Crippen LogP contribution in [-0.4, -0.2) is 19.8 Å². The first-order chi connectivity index (χ1) is 7.31. The molecule has 0 bridgehead atoms. The highest BCUT2D eigenvalue weighted by molar-refractivity contribution is 6.30. The second-order valence-corrected chi connectivity index (χ2v) is 4.31. The van der Waals surface area contributed by atoms with Crippen molar-refractivity contribution < 1.29 is 4.74 Å². The summed E-state index contributed by atoms with van der Waals surface area (Å²) >= 11 is 5.98. The van der Waals surface area contributed by atoms with Crippen LogP contribution in [0.2, 0.25) is 5.02 Å². The molecule has 0 saturated carbocycles. The van der Waals surface area contributed by atoms with Crippen molar-refractivity contribution >= 4 is 11.6 Å². The Labute approximate surface area is 95.6 Å². The van der Waals surface area contributed by atoms with E-state index in [1.165, 1.54) is 5.56 Å². The van der Waals surface area contributed by atoms with E-state index in [0.29, 0.717) is 0 Å². The van der Waals surface area contributed by atoms with E-state index >= 15 is 0 Å². The maximum Gasteiger partial charge on any atom is 0.0770 e. The number of hydrogen-bond acceptors (Lipinski definition) is 2. The molecule has 15 heavy (non-hydrogen) atoms. The number of rotatable bonds is 3. The molecule has 1 aliphatic rings. The molecule has 0 amide bonds. The lowest BCUT2D eigenvalue weighted by Crippen LogP contribution is -2.28. The van der Waals surface area contributed by atoms with Crippen LogP contribution >= 0.6 is 11.6 Å². The minimum absolute atomic E-state index is 0.256. The molecule has 3 heteroatoms. The Morgan fingerprint density at radius 3 is 3.00 bits per heavy atom. The summed E-state index contributed by atoms with van der Waals surface area (Å²) < 4.78 is 5.69. The van der Waals surface area contributed by atoms with Gasteiger partial charge in [0.1, 0.15) is 0 Å². The number of benzene rings is 1. The molecule has 1 aromatic rings. The second-order valence-electron chi connectivity index (χ2n) is 3.87. The molecule has 1 saturated heterocycles. The maximum absolute atomic E-state index is 5.98. The predicted molar refractivity (Wildman–Crippen MR) is 62.2 cm³/mol. The molecule has 1 heterocycles. The summed E-state index contributed by atoms with van der Waals surface area (Å²) in [5.74, 6) is 0. The van der Waals surface area contributed by atoms with Crippen LogP contribution in [0.15, 0.2) is 24.3 Å². The normalized spacial score (nSPS) is 22.9. The van der Waals surface area contributed by atoms with Crippen molar-refractivity contribution in [3.8, 4) is 0 Å². The highest BCUT2D eigenvalue weighted by Crippen LogP contribution is 2.27. The lowest BCUT2D eigenvalue weighted by Gasteiger charge is -2.22. The number of hydrogen-bond donors (Lipinski definition) is 1. The summed E-state index contributed by atoms with van der Waals surface area (Å²) in [6.07, 6.45) is 2.56. The molecule has 0 spiro atoms. The van der Waals surface area contributed by atoms with Crippen LogP contribution < -0.4 is 5.32 Å². The fourth-order valence-corrected chi connectivity index (χ4v) is 2.33. The molecule has 2 nitrogen and oxygen atoms in total. The number of nitrogens with one attached hydrogen (secondary N) is 1. The van der Waals surface area contributed by atoms with E-state index in [2.05, 4.69) is 11.4 Å². The van der Waals surface area contributed by atoms with Gasteiger partial charge in [0.2, 0.25) is 0 Å². The molecule has 0 aliphatic carbocycles. The molecule has 2 rings (SSSR count). The number of likely N-dealkylation sites (N-methyl/N-ethyl adjacent to an activating group) is 1. The van der Waals surface area contributed by atoms with Crippen molar-refractivity contribution in [3.63, 3.8) is 0 Å². The largest absolute Gasteiger partial charge is 0.376 e. The summed E-state index contributed by atoms with van der Waals surface area (Å²) in [6.45, 7) is 0.878. The minimum atomic E-state index is 0.256. The standard InChI is InChI=1S/C12H16ClNO/c1-14-12(11-6-3-7-15-11)9-4-2-5-10(13)8-9/h2,4-5,8,11-12,14H,3,6-7H2,1H3. The molecule has 1 aromatic carbocycles. The molecule has 2 unspecified atom stereocenters. The predicted octanol–water partition coefficient (Wildman–Crippen LogP) is 2.78. The first kappa shape index (κ1) is 10.9. The van der Waals surface area contributed by atoms with Gasteiger partial charge in [0.25, 0.3) is 0 Å². The SMILES string of the molecule is CNC(c1cccc(Cl)c1)C1CCCO1. The van der Waals surface area contributed by atoms with E-state index in [4.69, 9.17) is 16.3 Å². The van der Waals surface area contributed by atoms with Gasteiger partial charge >= 0.3 is 0 Å². The zero-order valence-electron chi connectivity index (χ0n) is 8.87. The first-order valence-corrected chi connectivity index (χ1v) is 5.73. The molecular weight excluding hydrogens is 210 g/mol. The van der Waals surface area contributed by atoms with Crippen molar-refractivity contribution in [2.75, 3.05) is 13.7 Å². The molecule has 82 valence electrons. The van der Waals surface area contributed by atoms with Gasteiger partial charge in [0.15, 0.2) is 0 Å². The summed E-state index contributed by atoms with van der Waals surface area (Å²) in [4.78, 5) is 0. The van der Waals surface area contributed by atoms with Gasteiger partial charge in [-0.25, -0.2) is 0 Å². The molecule has 1 aliphatic heterocycles. The molecule has 0 radical (unpaired) electrons. The topological polar surface area (TPSA) is 21.3 Å². The summed E-state index contributed by atoms with van der Waals surface area (Å²) in [5.41, 5.74) is 1.21. The Morgan fingerprint density at radius 2 is 2.40 bits per heavy atom. The van der Waals surface area contributed by atoms with Gasteiger partial charge in [0, 0.05) is 11.6 Å². The van der Waals surface area contributed by atoms with Gasteiger partial charge in [-0.15, -0.1) is 0 Å². The van der Waals surface area contributed by atoms with E-state index in [0.717, 1.165) is 24.5 Å². The Kier molecular flexibility index (Phi) is 3.62. The van der Waals surface area contributed by atoms with Crippen LogP contribution in [0, 0.1) is 0 Å². The third-order valence-corrected chi connectivity index (χ3v) is 3.09. The fraction of sp³-hybridized carbons (Fsp3) is 0.500. The number of halogens is 1. The molecular formula is C12H16ClNO. The van der Waals surface area contributed by atoms with Gasteiger partial charge in [-0.1, -0.05) is 23.7 Å². The van der Waals surface area contributed by atoms with Gasteiger partial charge < -0.3 is 10.1 Å². The highest BCUT2D eigenvalue weighted by Gasteiger charge is 2.25. The third kappa shape index (κ3) is 2.51. The molecule has 0 aromatic heterocycles. The quantitative estimate of drug-likeness (QED) is 0.854. The fourth-order valence-electron chi connectivity index (χ4n) is 2.13. The van der Waals surface area contributed by atoms with Crippen molar-refractivity contribution in [1.82, 2.24) is 5.32 Å². The maximum atomic E-state index is 5.98. The first-order valence-electron chi connectivity index (χ1n) is 5.35. The zero-order valence-corrected chi connectivity index (χ0v) is 9.63. The van der Waals surface area contributed by atoms with Crippen molar-refractivity contribution in [1.29, 1.82) is 0 Å². The van der Waals surface area contributed by atoms with E-state index in [-0.39, 0.29) is 12.1 Å². The third-order valence-electron chi connectivity index (χ3n) is 2.86. The van der Waals surface area contributed by atoms with Gasteiger partial charge in [0.05, 0.1) is 12.1 Å². The lowest BCUT2D eigenvalue weighted by molar-refractivity contribution is 0.0808. The summed E-state index contributed by atoms with van der Waals surface area (Å²) in [7, 11) is 1.97. The lowest BCUT2D eigenvalue weighted by atomic mass is 10.00. The van der Waals surface area contributed by atoms with Crippen LogP contribution in [0.5, 0.6) is 0 Å². The average Bonchev–Trinajstić information content (AvgIpc) is 2.72. The summed E-state index contributed by atoms with van der Waals surface area (Å²) in [6, 6.07) is 8.23. The second kappa shape index (κ2) is 4.97. The zero-order chi connectivity index (χ0) is 10.7. The Bertz CT molecular complexity index is 323. The minimum Gasteiger partial charge on any atom is -0.376 e. The van der Waals surface area contributed by atoms with Crippen molar-refractivity contribution in [3.05, 3.63) is 34.9 Å². The highest BCUT2D eigenvalue weighted by atomic mass is 35.5. The average molecular weight is 226 g/mol. The van der Waals surface area contributed by atoms with Gasteiger partial charge in [-0.2, -0.15) is 0 Å². The Hall–Kier alpha value is -0.570. The van der Waals surface area contributed by atoms with Crippen molar-refractivity contribution in [2.24, 2.45) is 0 Å². The number of ether oxygens (including phenoxy) is 1. The molecule has 1 fully saturated rings. The van der Waals surface area contributed by atoms with Crippen LogP contribution in [0.4, 0.5) is 0 Å². The van der Waals surface area contributed by atoms with Gasteiger partial charge in [-0.05, 0) is 37.6 Å². The van der Waals surface area contributed by atoms with Gasteiger partial charge in [-0.3, -0.25) is 0 Å². The van der Waals surface area contributed by atoms with Crippen LogP contribution in [0.1, 0.15) is 24.4 Å². The van der Waals surface area contributed by atoms with Crippen LogP contribution in [0.25, 0.3) is 0 Å². The van der Waals surface area contributed by atoms with E-state index in [1.807, 2.05) is 25.2 Å². The van der Waals surface area contributed by atoms with Crippen LogP contribution in [0.3, 0.4) is 0 Å². The molecule has 1 N–H and O–H groups in total.